The normalized spacial score (nSPS) is 11.5. The van der Waals surface area contributed by atoms with Crippen LogP contribution in [0.2, 0.25) is 0 Å². The molecule has 1 N–H and O–H groups in total. The van der Waals surface area contributed by atoms with Gasteiger partial charge >= 0.3 is 6.18 Å². The topological polar surface area (TPSA) is 87.5 Å². The Morgan fingerprint density at radius 2 is 1.78 bits per heavy atom. The summed E-state index contributed by atoms with van der Waals surface area (Å²) in [5, 5.41) is 19.6. The molecular weight excluding hydrogens is 379 g/mol. The van der Waals surface area contributed by atoms with E-state index in [-0.39, 0.29) is 11.4 Å². The van der Waals surface area contributed by atoms with Crippen molar-refractivity contribution in [1.29, 1.82) is 5.26 Å². The number of aromatic amines is 1. The molecule has 0 bridgehead atoms. The van der Waals surface area contributed by atoms with Crippen LogP contribution in [-0.4, -0.2) is 20.4 Å². The predicted molar refractivity (Wildman–Crippen MR) is 91.2 cm³/mol. The Labute approximate surface area is 153 Å². The van der Waals surface area contributed by atoms with Crippen LogP contribution in [0.25, 0.3) is 20.9 Å². The van der Waals surface area contributed by atoms with Crippen molar-refractivity contribution in [1.82, 2.24) is 20.4 Å². The molecule has 0 unspecified atom stereocenters. The first-order chi connectivity index (χ1) is 12.9. The number of nitrogens with zero attached hydrogens (tertiary/aromatic N) is 4. The van der Waals surface area contributed by atoms with Crippen molar-refractivity contribution in [3.05, 3.63) is 53.7 Å². The number of nitrogens with one attached hydrogen (secondary N) is 1. The van der Waals surface area contributed by atoms with Gasteiger partial charge in [-0.05, 0) is 36.4 Å². The molecule has 6 nitrogen and oxygen atoms in total. The Hall–Kier alpha value is -3.45. The molecule has 2 aromatic heterocycles. The molecule has 0 fully saturated rings. The molecule has 10 heteroatoms. The van der Waals surface area contributed by atoms with Gasteiger partial charge in [0.1, 0.15) is 22.6 Å². The zero-order chi connectivity index (χ0) is 19.0. The summed E-state index contributed by atoms with van der Waals surface area (Å²) in [7, 11) is 0. The highest BCUT2D eigenvalue weighted by molar-refractivity contribution is 7.21. The summed E-state index contributed by atoms with van der Waals surface area (Å²) in [6, 6.07) is 11.5. The number of nitriles is 1. The number of fused-ring (bicyclic) bond motifs is 1. The highest BCUT2D eigenvalue weighted by Crippen LogP contribution is 2.34. The first-order valence-corrected chi connectivity index (χ1v) is 8.32. The van der Waals surface area contributed by atoms with Crippen molar-refractivity contribution in [2.75, 3.05) is 0 Å². The van der Waals surface area contributed by atoms with Crippen LogP contribution in [0.5, 0.6) is 11.5 Å². The van der Waals surface area contributed by atoms with Gasteiger partial charge in [0.25, 0.3) is 0 Å². The van der Waals surface area contributed by atoms with E-state index in [4.69, 9.17) is 10.00 Å². The summed E-state index contributed by atoms with van der Waals surface area (Å²) < 4.78 is 44.2. The molecule has 2 heterocycles. The maximum absolute atomic E-state index is 12.6. The van der Waals surface area contributed by atoms with E-state index in [1.54, 1.807) is 18.2 Å². The Morgan fingerprint density at radius 1 is 1.04 bits per heavy atom. The van der Waals surface area contributed by atoms with E-state index in [2.05, 4.69) is 20.4 Å². The summed E-state index contributed by atoms with van der Waals surface area (Å²) in [4.78, 5) is 4.41. The fourth-order valence-electron chi connectivity index (χ4n) is 2.38. The second-order valence-corrected chi connectivity index (χ2v) is 6.44. The number of benzene rings is 2. The van der Waals surface area contributed by atoms with Gasteiger partial charge in [-0.25, -0.2) is 4.98 Å². The smallest absolute Gasteiger partial charge is 0.416 e. The number of halogens is 3. The number of thiazole rings is 1. The van der Waals surface area contributed by atoms with Gasteiger partial charge in [0, 0.05) is 6.07 Å². The van der Waals surface area contributed by atoms with Crippen LogP contribution < -0.4 is 4.74 Å². The van der Waals surface area contributed by atoms with E-state index in [0.717, 1.165) is 16.8 Å². The van der Waals surface area contributed by atoms with E-state index in [1.165, 1.54) is 23.5 Å². The first kappa shape index (κ1) is 17.0. The molecule has 0 atom stereocenters. The van der Waals surface area contributed by atoms with Crippen LogP contribution in [0.4, 0.5) is 13.2 Å². The number of aromatic nitrogens is 4. The average Bonchev–Trinajstić information content (AvgIpc) is 3.27. The van der Waals surface area contributed by atoms with Crippen molar-refractivity contribution in [3.63, 3.8) is 0 Å². The van der Waals surface area contributed by atoms with E-state index in [9.17, 15) is 13.2 Å². The lowest BCUT2D eigenvalue weighted by molar-refractivity contribution is -0.137. The molecule has 0 radical (unpaired) electrons. The lowest BCUT2D eigenvalue weighted by Gasteiger charge is -2.08. The van der Waals surface area contributed by atoms with E-state index < -0.39 is 11.7 Å². The molecular formula is C17H8F3N5OS. The molecule has 0 saturated heterocycles. The van der Waals surface area contributed by atoms with E-state index in [1.807, 2.05) is 6.07 Å². The van der Waals surface area contributed by atoms with Gasteiger partial charge in [-0.15, -0.1) is 16.4 Å². The third-order valence-electron chi connectivity index (χ3n) is 3.63. The molecule has 0 aliphatic rings. The number of alkyl halides is 3. The summed E-state index contributed by atoms with van der Waals surface area (Å²) in [5.74, 6) is 0.744. The number of rotatable bonds is 3. The van der Waals surface area contributed by atoms with Gasteiger partial charge in [-0.3, -0.25) is 0 Å². The Balaban J connectivity index is 1.61. The largest absolute Gasteiger partial charge is 0.457 e. The third-order valence-corrected chi connectivity index (χ3v) is 4.66. The zero-order valence-electron chi connectivity index (χ0n) is 13.3. The molecule has 0 aliphatic carbocycles. The molecule has 0 amide bonds. The fourth-order valence-corrected chi connectivity index (χ4v) is 3.36. The van der Waals surface area contributed by atoms with Crippen LogP contribution in [-0.2, 0) is 6.18 Å². The molecule has 2 aromatic carbocycles. The first-order valence-electron chi connectivity index (χ1n) is 7.51. The second kappa shape index (κ2) is 6.37. The lowest BCUT2D eigenvalue weighted by Crippen LogP contribution is -2.03. The van der Waals surface area contributed by atoms with Crippen molar-refractivity contribution in [2.24, 2.45) is 0 Å². The monoisotopic (exact) mass is 387 g/mol. The SMILES string of the molecule is N#Cc1n[nH]nc1-c1nc2ccc(Oc3ccc(C(F)(F)F)cc3)cc2s1. The van der Waals surface area contributed by atoms with Crippen LogP contribution in [0, 0.1) is 11.3 Å². The minimum absolute atomic E-state index is 0.148. The quantitative estimate of drug-likeness (QED) is 0.547. The van der Waals surface area contributed by atoms with Crippen molar-refractivity contribution < 1.29 is 17.9 Å². The number of hydrogen-bond donors (Lipinski definition) is 1. The number of hydrogen-bond acceptors (Lipinski definition) is 6. The lowest BCUT2D eigenvalue weighted by atomic mass is 10.2. The molecule has 0 spiro atoms. The van der Waals surface area contributed by atoms with Crippen LogP contribution in [0.15, 0.2) is 42.5 Å². The minimum atomic E-state index is -4.39. The van der Waals surface area contributed by atoms with Gasteiger partial charge in [-0.2, -0.15) is 28.7 Å². The van der Waals surface area contributed by atoms with Gasteiger partial charge in [0.15, 0.2) is 11.4 Å². The van der Waals surface area contributed by atoms with Crippen LogP contribution >= 0.6 is 11.3 Å². The highest BCUT2D eigenvalue weighted by Gasteiger charge is 2.30. The molecule has 0 aliphatic heterocycles. The van der Waals surface area contributed by atoms with Crippen molar-refractivity contribution in [2.45, 2.75) is 6.18 Å². The van der Waals surface area contributed by atoms with Crippen molar-refractivity contribution >= 4 is 21.6 Å². The molecule has 0 saturated carbocycles. The summed E-state index contributed by atoms with van der Waals surface area (Å²) in [6.45, 7) is 0. The van der Waals surface area contributed by atoms with Crippen molar-refractivity contribution in [3.8, 4) is 28.3 Å². The predicted octanol–water partition coefficient (Wildman–Crippen LogP) is 4.76. The van der Waals surface area contributed by atoms with E-state index >= 15 is 0 Å². The van der Waals surface area contributed by atoms with Gasteiger partial charge in [-0.1, -0.05) is 0 Å². The summed E-state index contributed by atoms with van der Waals surface area (Å²) in [6.07, 6.45) is -4.39. The summed E-state index contributed by atoms with van der Waals surface area (Å²) in [5.41, 5.74) is 0.458. The second-order valence-electron chi connectivity index (χ2n) is 5.41. The molecule has 27 heavy (non-hydrogen) atoms. The molecule has 134 valence electrons. The standard InChI is InChI=1S/C17H8F3N5OS/c18-17(19,20)9-1-3-10(4-2-9)26-11-5-6-12-14(7-11)27-16(22-12)15-13(8-21)23-25-24-15/h1-7H,(H,23,24,25). The minimum Gasteiger partial charge on any atom is -0.457 e. The maximum atomic E-state index is 12.6. The number of H-pyrrole nitrogens is 1. The number of ether oxygens (including phenoxy) is 1. The van der Waals surface area contributed by atoms with Crippen LogP contribution in [0.1, 0.15) is 11.3 Å². The Kier molecular flexibility index (Phi) is 4.01. The van der Waals surface area contributed by atoms with Gasteiger partial charge in [0.05, 0.1) is 15.8 Å². The Bertz CT molecular complexity index is 1160. The maximum Gasteiger partial charge on any atom is 0.416 e. The third kappa shape index (κ3) is 3.32. The highest BCUT2D eigenvalue weighted by atomic mass is 32.1. The Morgan fingerprint density at radius 3 is 2.48 bits per heavy atom. The van der Waals surface area contributed by atoms with Gasteiger partial charge in [0.2, 0.25) is 0 Å². The van der Waals surface area contributed by atoms with Crippen LogP contribution in [0.3, 0.4) is 0 Å². The van der Waals surface area contributed by atoms with Gasteiger partial charge < -0.3 is 4.74 Å². The molecule has 4 aromatic rings. The average molecular weight is 387 g/mol. The molecule has 4 rings (SSSR count). The van der Waals surface area contributed by atoms with E-state index in [0.29, 0.717) is 22.0 Å². The fraction of sp³-hybridized carbons (Fsp3) is 0.0588. The summed E-state index contributed by atoms with van der Waals surface area (Å²) >= 11 is 1.30. The zero-order valence-corrected chi connectivity index (χ0v) is 14.1.